The van der Waals surface area contributed by atoms with Crippen LogP contribution in [0.2, 0.25) is 0 Å². The number of likely N-dealkylation sites (N-methyl/N-ethyl adjacent to an activating group) is 1. The van der Waals surface area contributed by atoms with Gasteiger partial charge in [0.2, 0.25) is 0 Å². The summed E-state index contributed by atoms with van der Waals surface area (Å²) in [6.45, 7) is 6.30. The van der Waals surface area contributed by atoms with Crippen LogP contribution in [-0.2, 0) is 6.54 Å². The zero-order valence-electron chi connectivity index (χ0n) is 8.18. The highest BCUT2D eigenvalue weighted by atomic mass is 16.3. The van der Waals surface area contributed by atoms with Gasteiger partial charge in [0.05, 0.1) is 19.6 Å². The van der Waals surface area contributed by atoms with Crippen molar-refractivity contribution in [1.82, 2.24) is 0 Å². The molecule has 1 fully saturated rings. The highest BCUT2D eigenvalue weighted by Gasteiger charge is 2.19. The summed E-state index contributed by atoms with van der Waals surface area (Å²) in [4.78, 5) is 3.35. The Balaban J connectivity index is 1.83. The fraction of sp³-hybridized carbons (Fsp3) is 0.600. The third-order valence-corrected chi connectivity index (χ3v) is 2.84. The first kappa shape index (κ1) is 8.78. The zero-order valence-corrected chi connectivity index (χ0v) is 8.18. The lowest BCUT2D eigenvalue weighted by atomic mass is 10.2. The molecule has 0 atom stereocenters. The van der Waals surface area contributed by atoms with Gasteiger partial charge in [-0.15, -0.1) is 0 Å². The average Bonchev–Trinajstić information content (AvgIpc) is 2.62. The molecule has 2 heterocycles. The first-order valence-electron chi connectivity index (χ1n) is 5.00. The summed E-state index contributed by atoms with van der Waals surface area (Å²) in [7, 11) is 2.27. The van der Waals surface area contributed by atoms with E-state index in [0.29, 0.717) is 0 Å². The smallest absolute Gasteiger partial charge is 0.127 e. The van der Waals surface area contributed by atoms with E-state index < -0.39 is 0 Å². The third kappa shape index (κ3) is 2.32. The summed E-state index contributed by atoms with van der Waals surface area (Å²) >= 11 is 0. The molecular formula is C10H18N2O+2. The molecule has 1 aromatic rings. The second kappa shape index (κ2) is 3.94. The van der Waals surface area contributed by atoms with E-state index in [1.54, 1.807) is 16.1 Å². The summed E-state index contributed by atoms with van der Waals surface area (Å²) in [5.74, 6) is 0. The van der Waals surface area contributed by atoms with Crippen LogP contribution in [0.4, 0.5) is 0 Å². The fourth-order valence-electron chi connectivity index (χ4n) is 1.89. The molecule has 13 heavy (non-hydrogen) atoms. The van der Waals surface area contributed by atoms with E-state index in [9.17, 15) is 0 Å². The van der Waals surface area contributed by atoms with E-state index in [0.717, 1.165) is 6.54 Å². The number of quaternary nitrogens is 2. The van der Waals surface area contributed by atoms with Crippen LogP contribution in [0.1, 0.15) is 5.56 Å². The Morgan fingerprint density at radius 1 is 1.31 bits per heavy atom. The lowest BCUT2D eigenvalue weighted by Gasteiger charge is -2.26. The van der Waals surface area contributed by atoms with Crippen molar-refractivity contribution in [2.24, 2.45) is 0 Å². The molecule has 3 nitrogen and oxygen atoms in total. The Labute approximate surface area is 78.9 Å². The van der Waals surface area contributed by atoms with E-state index in [1.165, 1.54) is 31.7 Å². The van der Waals surface area contributed by atoms with Gasteiger partial charge in [0.25, 0.3) is 0 Å². The van der Waals surface area contributed by atoms with Gasteiger partial charge in [-0.05, 0) is 6.07 Å². The predicted octanol–water partition coefficient (Wildman–Crippen LogP) is -1.81. The predicted molar refractivity (Wildman–Crippen MR) is 49.7 cm³/mol. The molecule has 0 unspecified atom stereocenters. The van der Waals surface area contributed by atoms with Crippen molar-refractivity contribution >= 4 is 0 Å². The number of nitrogens with one attached hydrogen (secondary N) is 2. The van der Waals surface area contributed by atoms with Gasteiger partial charge in [0.15, 0.2) is 0 Å². The normalized spacial score (nSPS) is 29.0. The summed E-state index contributed by atoms with van der Waals surface area (Å²) in [5.41, 5.74) is 1.33. The maximum Gasteiger partial charge on any atom is 0.127 e. The van der Waals surface area contributed by atoms with E-state index in [2.05, 4.69) is 13.1 Å². The molecule has 0 spiro atoms. The number of hydrogen-bond acceptors (Lipinski definition) is 1. The van der Waals surface area contributed by atoms with Crippen LogP contribution in [0, 0.1) is 0 Å². The van der Waals surface area contributed by atoms with Gasteiger partial charge >= 0.3 is 0 Å². The van der Waals surface area contributed by atoms with Crippen LogP contribution < -0.4 is 9.80 Å². The number of piperazine rings is 1. The van der Waals surface area contributed by atoms with Crippen molar-refractivity contribution in [2.75, 3.05) is 33.2 Å². The van der Waals surface area contributed by atoms with Crippen LogP contribution in [0.3, 0.4) is 0 Å². The maximum absolute atomic E-state index is 5.06. The molecule has 3 heteroatoms. The summed E-state index contributed by atoms with van der Waals surface area (Å²) < 4.78 is 5.06. The molecule has 0 amide bonds. The summed E-state index contributed by atoms with van der Waals surface area (Å²) in [5, 5.41) is 0. The Bertz CT molecular complexity index is 237. The highest BCUT2D eigenvalue weighted by molar-refractivity contribution is 5.02. The quantitative estimate of drug-likeness (QED) is 0.553. The SMILES string of the molecule is C[NH+]1CC[NH+](Cc2ccoc2)CC1. The van der Waals surface area contributed by atoms with Gasteiger partial charge in [0, 0.05) is 5.56 Å². The minimum absolute atomic E-state index is 1.13. The Morgan fingerprint density at radius 3 is 2.69 bits per heavy atom. The largest absolute Gasteiger partial charge is 0.472 e. The summed E-state index contributed by atoms with van der Waals surface area (Å²) in [6.07, 6.45) is 3.62. The minimum atomic E-state index is 1.13. The van der Waals surface area contributed by atoms with E-state index in [1.807, 2.05) is 6.26 Å². The second-order valence-electron chi connectivity index (χ2n) is 4.02. The molecule has 1 aromatic heterocycles. The topological polar surface area (TPSA) is 22.0 Å². The van der Waals surface area contributed by atoms with Crippen molar-refractivity contribution in [3.63, 3.8) is 0 Å². The Kier molecular flexibility index (Phi) is 2.66. The van der Waals surface area contributed by atoms with Crippen LogP contribution in [0.25, 0.3) is 0 Å². The maximum atomic E-state index is 5.06. The van der Waals surface area contributed by atoms with E-state index in [4.69, 9.17) is 4.42 Å². The van der Waals surface area contributed by atoms with Gasteiger partial charge in [-0.1, -0.05) is 0 Å². The second-order valence-corrected chi connectivity index (χ2v) is 4.02. The molecule has 0 aromatic carbocycles. The Hall–Kier alpha value is -0.800. The van der Waals surface area contributed by atoms with Gasteiger partial charge in [0.1, 0.15) is 32.7 Å². The van der Waals surface area contributed by atoms with Crippen LogP contribution in [0.15, 0.2) is 23.0 Å². The molecule has 0 saturated carbocycles. The molecular weight excluding hydrogens is 164 g/mol. The average molecular weight is 182 g/mol. The van der Waals surface area contributed by atoms with Gasteiger partial charge < -0.3 is 14.2 Å². The van der Waals surface area contributed by atoms with Crippen molar-refractivity contribution in [3.05, 3.63) is 24.2 Å². The lowest BCUT2D eigenvalue weighted by molar-refractivity contribution is -1.01. The number of hydrogen-bond donors (Lipinski definition) is 2. The van der Waals surface area contributed by atoms with Crippen molar-refractivity contribution in [2.45, 2.75) is 6.54 Å². The molecule has 1 aliphatic heterocycles. The number of furan rings is 1. The molecule has 0 bridgehead atoms. The van der Waals surface area contributed by atoms with Crippen LogP contribution in [-0.4, -0.2) is 33.2 Å². The molecule has 0 radical (unpaired) electrons. The van der Waals surface area contributed by atoms with Crippen molar-refractivity contribution < 1.29 is 14.2 Å². The van der Waals surface area contributed by atoms with E-state index >= 15 is 0 Å². The fourth-order valence-corrected chi connectivity index (χ4v) is 1.89. The summed E-state index contributed by atoms with van der Waals surface area (Å²) in [6, 6.07) is 2.07. The highest BCUT2D eigenvalue weighted by Crippen LogP contribution is 1.96. The van der Waals surface area contributed by atoms with E-state index in [-0.39, 0.29) is 0 Å². The standard InChI is InChI=1S/C10H16N2O/c1-11-3-5-12(6-4-11)8-10-2-7-13-9-10/h2,7,9H,3-6,8H2,1H3/p+2. The van der Waals surface area contributed by atoms with Crippen molar-refractivity contribution in [3.8, 4) is 0 Å². The lowest BCUT2D eigenvalue weighted by Crippen LogP contribution is -3.26. The monoisotopic (exact) mass is 182 g/mol. The first-order valence-corrected chi connectivity index (χ1v) is 5.00. The molecule has 72 valence electrons. The first-order chi connectivity index (χ1) is 6.34. The van der Waals surface area contributed by atoms with Crippen LogP contribution >= 0.6 is 0 Å². The van der Waals surface area contributed by atoms with Gasteiger partial charge in [-0.3, -0.25) is 0 Å². The third-order valence-electron chi connectivity index (χ3n) is 2.84. The van der Waals surface area contributed by atoms with Gasteiger partial charge in [-0.2, -0.15) is 0 Å². The molecule has 1 aliphatic rings. The number of rotatable bonds is 2. The van der Waals surface area contributed by atoms with Crippen LogP contribution in [0.5, 0.6) is 0 Å². The van der Waals surface area contributed by atoms with Gasteiger partial charge in [-0.25, -0.2) is 0 Å². The molecule has 0 aliphatic carbocycles. The molecule has 2 N–H and O–H groups in total. The Morgan fingerprint density at radius 2 is 2.08 bits per heavy atom. The zero-order chi connectivity index (χ0) is 9.10. The molecule has 2 rings (SSSR count). The molecule has 1 saturated heterocycles. The minimum Gasteiger partial charge on any atom is -0.472 e. The van der Waals surface area contributed by atoms with Crippen molar-refractivity contribution in [1.29, 1.82) is 0 Å².